The maximum atomic E-state index is 6.05. The van der Waals surface area contributed by atoms with E-state index in [4.69, 9.17) is 15.7 Å². The van der Waals surface area contributed by atoms with Gasteiger partial charge in [0.15, 0.2) is 5.16 Å². The fraction of sp³-hybridized carbons (Fsp3) is 0.0833. The second-order valence-electron chi connectivity index (χ2n) is 7.52. The molecular weight excluding hydrogens is 418 g/mol. The first-order chi connectivity index (χ1) is 15.7. The highest BCUT2D eigenvalue weighted by atomic mass is 32.2. The van der Waals surface area contributed by atoms with Gasteiger partial charge < -0.3 is 15.6 Å². The Balaban J connectivity index is 1.41. The predicted octanol–water partition coefficient (Wildman–Crippen LogP) is 4.99. The molecule has 0 spiro atoms. The molecule has 6 rings (SSSR count). The van der Waals surface area contributed by atoms with Crippen LogP contribution in [0, 0.1) is 0 Å². The molecule has 1 aliphatic heterocycles. The maximum absolute atomic E-state index is 6.05. The number of thioether (sulfide) groups is 1. The predicted molar refractivity (Wildman–Crippen MR) is 129 cm³/mol. The largest absolute Gasteiger partial charge is 0.399 e. The van der Waals surface area contributed by atoms with E-state index in [1.165, 1.54) is 0 Å². The monoisotopic (exact) mass is 437 g/mol. The molecule has 4 heterocycles. The fourth-order valence-corrected chi connectivity index (χ4v) is 4.91. The van der Waals surface area contributed by atoms with Crippen molar-refractivity contribution in [2.24, 2.45) is 0 Å². The summed E-state index contributed by atoms with van der Waals surface area (Å²) in [6, 6.07) is 19.7. The van der Waals surface area contributed by atoms with Crippen LogP contribution in [0.1, 0.15) is 0 Å². The molecule has 32 heavy (non-hydrogen) atoms. The molecule has 0 fully saturated rings. The maximum Gasteiger partial charge on any atom is 0.227 e. The summed E-state index contributed by atoms with van der Waals surface area (Å²) in [6.07, 6.45) is 3.57. The quantitative estimate of drug-likeness (QED) is 0.383. The number of hydrogen-bond acceptors (Lipinski definition) is 7. The summed E-state index contributed by atoms with van der Waals surface area (Å²) in [7, 11) is 0. The fourth-order valence-electron chi connectivity index (χ4n) is 3.96. The summed E-state index contributed by atoms with van der Waals surface area (Å²) < 4.78 is 2.23. The molecule has 0 atom stereocenters. The molecule has 8 heteroatoms. The molecule has 156 valence electrons. The van der Waals surface area contributed by atoms with Crippen LogP contribution in [-0.4, -0.2) is 30.3 Å². The second kappa shape index (κ2) is 7.65. The molecule has 0 bridgehead atoms. The van der Waals surface area contributed by atoms with E-state index in [0.29, 0.717) is 11.6 Å². The van der Waals surface area contributed by atoms with Crippen molar-refractivity contribution in [3.63, 3.8) is 0 Å². The second-order valence-corrected chi connectivity index (χ2v) is 8.58. The minimum absolute atomic E-state index is 0.533. The van der Waals surface area contributed by atoms with Crippen molar-refractivity contribution in [3.05, 3.63) is 73.1 Å². The zero-order valence-corrected chi connectivity index (χ0v) is 17.9. The normalized spacial score (nSPS) is 12.8. The van der Waals surface area contributed by atoms with E-state index >= 15 is 0 Å². The lowest BCUT2D eigenvalue weighted by Crippen LogP contribution is -2.02. The number of imidazole rings is 1. The van der Waals surface area contributed by atoms with Gasteiger partial charge in [0, 0.05) is 47.0 Å². The SMILES string of the molecule is Nc1cccc(-c2nc3n(c2-c2ccnc(Nc4ccc5ncccc5c4)n2)CCS3)c1. The molecule has 0 unspecified atom stereocenters. The number of hydrogen-bond donors (Lipinski definition) is 2. The topological polar surface area (TPSA) is 94.5 Å². The van der Waals surface area contributed by atoms with Crippen LogP contribution in [0.25, 0.3) is 33.5 Å². The van der Waals surface area contributed by atoms with E-state index in [-0.39, 0.29) is 0 Å². The molecule has 2 aromatic carbocycles. The lowest BCUT2D eigenvalue weighted by atomic mass is 10.1. The Morgan fingerprint density at radius 1 is 0.938 bits per heavy atom. The molecule has 1 aliphatic rings. The number of nitrogens with one attached hydrogen (secondary N) is 1. The number of rotatable bonds is 4. The number of nitrogens with two attached hydrogens (primary N) is 1. The van der Waals surface area contributed by atoms with Gasteiger partial charge in [-0.05, 0) is 42.5 Å². The van der Waals surface area contributed by atoms with Crippen LogP contribution >= 0.6 is 11.8 Å². The van der Waals surface area contributed by atoms with E-state index in [2.05, 4.69) is 19.9 Å². The Bertz CT molecular complexity index is 1460. The lowest BCUT2D eigenvalue weighted by Gasteiger charge is -2.10. The van der Waals surface area contributed by atoms with Crippen LogP contribution in [-0.2, 0) is 6.54 Å². The van der Waals surface area contributed by atoms with Crippen molar-refractivity contribution >= 4 is 40.0 Å². The Hall–Kier alpha value is -3.91. The smallest absolute Gasteiger partial charge is 0.227 e. The van der Waals surface area contributed by atoms with Gasteiger partial charge in [0.25, 0.3) is 0 Å². The van der Waals surface area contributed by atoms with E-state index in [9.17, 15) is 0 Å². The third-order valence-electron chi connectivity index (χ3n) is 5.40. The molecule has 7 nitrogen and oxygen atoms in total. The van der Waals surface area contributed by atoms with Gasteiger partial charge in [-0.1, -0.05) is 30.0 Å². The summed E-state index contributed by atoms with van der Waals surface area (Å²) in [6.45, 7) is 0.898. The van der Waals surface area contributed by atoms with Crippen LogP contribution in [0.3, 0.4) is 0 Å². The molecule has 0 aliphatic carbocycles. The number of pyridine rings is 1. The van der Waals surface area contributed by atoms with Crippen molar-refractivity contribution < 1.29 is 0 Å². The van der Waals surface area contributed by atoms with Gasteiger partial charge >= 0.3 is 0 Å². The molecule has 3 aromatic heterocycles. The first-order valence-corrected chi connectivity index (χ1v) is 11.3. The molecule has 5 aromatic rings. The van der Waals surface area contributed by atoms with Gasteiger partial charge in [-0.2, -0.15) is 0 Å². The van der Waals surface area contributed by atoms with Crippen molar-refractivity contribution in [1.29, 1.82) is 0 Å². The molecular formula is C24H19N7S. The summed E-state index contributed by atoms with van der Waals surface area (Å²) in [5, 5.41) is 5.40. The van der Waals surface area contributed by atoms with Gasteiger partial charge in [0.1, 0.15) is 0 Å². The first-order valence-electron chi connectivity index (χ1n) is 10.3. The Morgan fingerprint density at radius 2 is 1.91 bits per heavy atom. The van der Waals surface area contributed by atoms with Gasteiger partial charge in [-0.15, -0.1) is 0 Å². The summed E-state index contributed by atoms with van der Waals surface area (Å²) in [5.74, 6) is 1.54. The standard InChI is InChI=1S/C24H19N7S/c25-17-5-1-3-16(13-17)21-22(31-11-12-32-24(31)30-21)20-8-10-27-23(29-20)28-18-6-7-19-15(14-18)4-2-9-26-19/h1-10,13-14H,11-12,25H2,(H,27,28,29). The number of benzene rings is 2. The van der Waals surface area contributed by atoms with Crippen LogP contribution < -0.4 is 11.1 Å². The Morgan fingerprint density at radius 3 is 2.84 bits per heavy atom. The summed E-state index contributed by atoms with van der Waals surface area (Å²) in [4.78, 5) is 18.6. The average molecular weight is 438 g/mol. The van der Waals surface area contributed by atoms with E-state index in [1.54, 1.807) is 24.2 Å². The highest BCUT2D eigenvalue weighted by molar-refractivity contribution is 7.99. The number of nitrogen functional groups attached to an aromatic ring is 1. The molecule has 0 amide bonds. The number of fused-ring (bicyclic) bond motifs is 2. The zero-order chi connectivity index (χ0) is 21.5. The molecule has 0 saturated heterocycles. The first kappa shape index (κ1) is 18.8. The van der Waals surface area contributed by atoms with Gasteiger partial charge in [0.05, 0.1) is 22.6 Å². The molecule has 0 saturated carbocycles. The van der Waals surface area contributed by atoms with Crippen molar-refractivity contribution in [2.75, 3.05) is 16.8 Å². The van der Waals surface area contributed by atoms with Gasteiger partial charge in [-0.25, -0.2) is 15.0 Å². The van der Waals surface area contributed by atoms with Crippen LogP contribution in [0.15, 0.2) is 78.2 Å². The van der Waals surface area contributed by atoms with Gasteiger partial charge in [-0.3, -0.25) is 4.98 Å². The lowest BCUT2D eigenvalue weighted by molar-refractivity contribution is 0.724. The van der Waals surface area contributed by atoms with Crippen molar-refractivity contribution in [2.45, 2.75) is 11.7 Å². The Labute approximate surface area is 188 Å². The number of anilines is 3. The highest BCUT2D eigenvalue weighted by Crippen LogP contribution is 2.38. The summed E-state index contributed by atoms with van der Waals surface area (Å²) in [5.41, 5.74) is 12.3. The van der Waals surface area contributed by atoms with E-state index in [1.807, 2.05) is 60.7 Å². The zero-order valence-electron chi connectivity index (χ0n) is 17.1. The average Bonchev–Trinajstić information content (AvgIpc) is 3.41. The highest BCUT2D eigenvalue weighted by Gasteiger charge is 2.25. The third-order valence-corrected chi connectivity index (χ3v) is 6.35. The van der Waals surface area contributed by atoms with Crippen molar-refractivity contribution in [3.8, 4) is 22.6 Å². The number of aromatic nitrogens is 5. The van der Waals surface area contributed by atoms with Crippen molar-refractivity contribution in [1.82, 2.24) is 24.5 Å². The minimum Gasteiger partial charge on any atom is -0.399 e. The van der Waals surface area contributed by atoms with Crippen LogP contribution in [0.5, 0.6) is 0 Å². The van der Waals surface area contributed by atoms with E-state index < -0.39 is 0 Å². The van der Waals surface area contributed by atoms with Gasteiger partial charge in [0.2, 0.25) is 5.95 Å². The van der Waals surface area contributed by atoms with Crippen LogP contribution in [0.2, 0.25) is 0 Å². The third kappa shape index (κ3) is 3.34. The van der Waals surface area contributed by atoms with E-state index in [0.717, 1.165) is 56.7 Å². The molecule has 3 N–H and O–H groups in total. The molecule has 0 radical (unpaired) electrons. The van der Waals surface area contributed by atoms with Crippen LogP contribution in [0.4, 0.5) is 17.3 Å². The Kier molecular flexibility index (Phi) is 4.50. The minimum atomic E-state index is 0.533. The summed E-state index contributed by atoms with van der Waals surface area (Å²) >= 11 is 1.76. The number of nitrogens with zero attached hydrogens (tertiary/aromatic N) is 5.